The van der Waals surface area contributed by atoms with Crippen LogP contribution in [0.2, 0.25) is 0 Å². The van der Waals surface area contributed by atoms with Crippen LogP contribution in [0, 0.1) is 20.8 Å². The molecule has 0 fully saturated rings. The summed E-state index contributed by atoms with van der Waals surface area (Å²) in [6, 6.07) is 13.4. The highest BCUT2D eigenvalue weighted by Gasteiger charge is 2.15. The standard InChI is InChI=1S/C25H20N2O3S/c1-14-4-6-17(7-5-14)20-12-31-24-23(20)25(29)27(13-26-24)11-18-10-22(28)30-21-9-16(3)15(2)8-19(18)21/h4-10,12-13H,11H2,1-3H3. The molecule has 0 atom stereocenters. The molecule has 0 amide bonds. The summed E-state index contributed by atoms with van der Waals surface area (Å²) in [5, 5.41) is 3.42. The van der Waals surface area contributed by atoms with Crippen molar-refractivity contribution in [2.24, 2.45) is 0 Å². The minimum Gasteiger partial charge on any atom is -0.423 e. The van der Waals surface area contributed by atoms with Crippen molar-refractivity contribution in [3.63, 3.8) is 0 Å². The second-order valence-corrected chi connectivity index (χ2v) is 8.75. The molecule has 5 nitrogen and oxygen atoms in total. The number of nitrogens with zero attached hydrogens (tertiary/aromatic N) is 2. The molecular weight excluding hydrogens is 408 g/mol. The molecule has 0 saturated carbocycles. The molecule has 6 heteroatoms. The average Bonchev–Trinajstić information content (AvgIpc) is 3.17. The number of fused-ring (bicyclic) bond motifs is 2. The Labute approximate surface area is 182 Å². The van der Waals surface area contributed by atoms with Gasteiger partial charge in [0.2, 0.25) is 0 Å². The van der Waals surface area contributed by atoms with E-state index in [4.69, 9.17) is 4.42 Å². The van der Waals surface area contributed by atoms with Crippen LogP contribution in [-0.4, -0.2) is 9.55 Å². The van der Waals surface area contributed by atoms with Gasteiger partial charge >= 0.3 is 5.63 Å². The number of benzene rings is 2. The average molecular weight is 429 g/mol. The first-order valence-corrected chi connectivity index (χ1v) is 10.9. The Hall–Kier alpha value is -3.51. The summed E-state index contributed by atoms with van der Waals surface area (Å²) in [5.41, 5.74) is 5.92. The van der Waals surface area contributed by atoms with Crippen LogP contribution >= 0.6 is 11.3 Å². The van der Waals surface area contributed by atoms with Gasteiger partial charge in [-0.15, -0.1) is 11.3 Å². The second-order valence-electron chi connectivity index (χ2n) is 7.90. The van der Waals surface area contributed by atoms with E-state index in [0.29, 0.717) is 15.8 Å². The summed E-state index contributed by atoms with van der Waals surface area (Å²) in [7, 11) is 0. The fraction of sp³-hybridized carbons (Fsp3) is 0.160. The normalized spacial score (nSPS) is 11.5. The lowest BCUT2D eigenvalue weighted by molar-refractivity contribution is 0.557. The van der Waals surface area contributed by atoms with Crippen LogP contribution in [0.3, 0.4) is 0 Å². The Balaban J connectivity index is 1.67. The van der Waals surface area contributed by atoms with E-state index in [2.05, 4.69) is 4.98 Å². The zero-order valence-corrected chi connectivity index (χ0v) is 18.2. The molecule has 0 bridgehead atoms. The second kappa shape index (κ2) is 7.32. The van der Waals surface area contributed by atoms with Gasteiger partial charge in [0.25, 0.3) is 5.56 Å². The summed E-state index contributed by atoms with van der Waals surface area (Å²) >= 11 is 1.46. The van der Waals surface area contributed by atoms with Crippen molar-refractivity contribution in [2.75, 3.05) is 0 Å². The molecule has 0 saturated heterocycles. The lowest BCUT2D eigenvalue weighted by Crippen LogP contribution is -2.21. The topological polar surface area (TPSA) is 65.1 Å². The van der Waals surface area contributed by atoms with E-state index in [-0.39, 0.29) is 12.1 Å². The van der Waals surface area contributed by atoms with Crippen molar-refractivity contribution in [3.8, 4) is 11.1 Å². The van der Waals surface area contributed by atoms with E-state index in [0.717, 1.165) is 33.2 Å². The Bertz CT molecular complexity index is 1570. The van der Waals surface area contributed by atoms with Crippen LogP contribution < -0.4 is 11.2 Å². The summed E-state index contributed by atoms with van der Waals surface area (Å²) in [4.78, 5) is 30.8. The maximum absolute atomic E-state index is 13.4. The molecule has 3 heterocycles. The van der Waals surface area contributed by atoms with Crippen LogP contribution in [0.4, 0.5) is 0 Å². The van der Waals surface area contributed by atoms with Gasteiger partial charge in [-0.05, 0) is 55.2 Å². The van der Waals surface area contributed by atoms with E-state index in [1.54, 1.807) is 10.9 Å². The predicted octanol–water partition coefficient (Wildman–Crippen LogP) is 5.20. The number of aromatic nitrogens is 2. The van der Waals surface area contributed by atoms with Crippen LogP contribution in [0.1, 0.15) is 22.3 Å². The fourth-order valence-corrected chi connectivity index (χ4v) is 4.73. The molecule has 0 N–H and O–H groups in total. The van der Waals surface area contributed by atoms with Crippen molar-refractivity contribution in [1.29, 1.82) is 0 Å². The Morgan fingerprint density at radius 2 is 1.74 bits per heavy atom. The van der Waals surface area contributed by atoms with Gasteiger partial charge in [0.05, 0.1) is 18.3 Å². The van der Waals surface area contributed by atoms with E-state index >= 15 is 0 Å². The zero-order valence-electron chi connectivity index (χ0n) is 17.4. The minimum atomic E-state index is -0.427. The number of thiophene rings is 1. The van der Waals surface area contributed by atoms with Gasteiger partial charge < -0.3 is 4.42 Å². The zero-order chi connectivity index (χ0) is 21.7. The molecule has 0 aliphatic heterocycles. The number of rotatable bonds is 3. The van der Waals surface area contributed by atoms with Gasteiger partial charge in [-0.3, -0.25) is 9.36 Å². The third-order valence-electron chi connectivity index (χ3n) is 5.71. The molecule has 3 aromatic heterocycles. The molecular formula is C25H20N2O3S. The van der Waals surface area contributed by atoms with E-state index in [1.165, 1.54) is 23.0 Å². The van der Waals surface area contributed by atoms with Crippen molar-refractivity contribution in [1.82, 2.24) is 9.55 Å². The van der Waals surface area contributed by atoms with Gasteiger partial charge in [0.1, 0.15) is 10.4 Å². The van der Waals surface area contributed by atoms with Crippen LogP contribution in [0.25, 0.3) is 32.3 Å². The van der Waals surface area contributed by atoms with Gasteiger partial charge in [-0.2, -0.15) is 0 Å². The first-order chi connectivity index (χ1) is 14.9. The highest BCUT2D eigenvalue weighted by Crippen LogP contribution is 2.31. The molecule has 31 heavy (non-hydrogen) atoms. The molecule has 0 unspecified atom stereocenters. The summed E-state index contributed by atoms with van der Waals surface area (Å²) in [6.07, 6.45) is 1.56. The summed E-state index contributed by atoms with van der Waals surface area (Å²) in [6.45, 7) is 6.28. The van der Waals surface area contributed by atoms with Gasteiger partial charge in [0.15, 0.2) is 0 Å². The molecule has 0 spiro atoms. The van der Waals surface area contributed by atoms with E-state index in [9.17, 15) is 9.59 Å². The largest absolute Gasteiger partial charge is 0.423 e. The Morgan fingerprint density at radius 3 is 2.52 bits per heavy atom. The lowest BCUT2D eigenvalue weighted by Gasteiger charge is -2.10. The van der Waals surface area contributed by atoms with Crippen molar-refractivity contribution < 1.29 is 4.42 Å². The van der Waals surface area contributed by atoms with E-state index in [1.807, 2.05) is 62.5 Å². The van der Waals surface area contributed by atoms with Crippen molar-refractivity contribution in [3.05, 3.63) is 97.2 Å². The Morgan fingerprint density at radius 1 is 1.00 bits per heavy atom. The molecule has 0 aliphatic carbocycles. The molecule has 0 aliphatic rings. The predicted molar refractivity (Wildman–Crippen MR) is 125 cm³/mol. The maximum atomic E-state index is 13.4. The Kier molecular flexibility index (Phi) is 4.59. The van der Waals surface area contributed by atoms with Crippen molar-refractivity contribution >= 4 is 32.5 Å². The maximum Gasteiger partial charge on any atom is 0.336 e. The molecule has 154 valence electrons. The summed E-state index contributed by atoms with van der Waals surface area (Å²) < 4.78 is 6.96. The fourth-order valence-electron chi connectivity index (χ4n) is 3.82. The highest BCUT2D eigenvalue weighted by molar-refractivity contribution is 7.17. The molecule has 0 radical (unpaired) electrons. The molecule has 5 rings (SSSR count). The smallest absolute Gasteiger partial charge is 0.336 e. The molecule has 2 aromatic carbocycles. The first-order valence-electron chi connectivity index (χ1n) is 9.98. The third kappa shape index (κ3) is 3.39. The van der Waals surface area contributed by atoms with Gasteiger partial charge in [-0.1, -0.05) is 29.8 Å². The minimum absolute atomic E-state index is 0.118. The van der Waals surface area contributed by atoms with Crippen molar-refractivity contribution in [2.45, 2.75) is 27.3 Å². The SMILES string of the molecule is Cc1ccc(-c2csc3ncn(Cc4cc(=O)oc5cc(C)c(C)cc45)c(=O)c23)cc1. The first kappa shape index (κ1) is 19.5. The van der Waals surface area contributed by atoms with Crippen LogP contribution in [-0.2, 0) is 6.54 Å². The summed E-state index contributed by atoms with van der Waals surface area (Å²) in [5.74, 6) is 0. The van der Waals surface area contributed by atoms with Gasteiger partial charge in [-0.25, -0.2) is 9.78 Å². The van der Waals surface area contributed by atoms with Crippen LogP contribution in [0.5, 0.6) is 0 Å². The molecule has 5 aromatic rings. The highest BCUT2D eigenvalue weighted by atomic mass is 32.1. The quantitative estimate of drug-likeness (QED) is 0.370. The van der Waals surface area contributed by atoms with Crippen LogP contribution in [0.15, 0.2) is 68.2 Å². The third-order valence-corrected chi connectivity index (χ3v) is 6.59. The van der Waals surface area contributed by atoms with Gasteiger partial charge in [0, 0.05) is 22.4 Å². The lowest BCUT2D eigenvalue weighted by atomic mass is 10.0. The monoisotopic (exact) mass is 428 g/mol. The van der Waals surface area contributed by atoms with E-state index < -0.39 is 5.63 Å². The number of hydrogen-bond donors (Lipinski definition) is 0. The number of hydrogen-bond acceptors (Lipinski definition) is 5. The number of aryl methyl sites for hydroxylation is 3.